The number of benzene rings is 6. The van der Waals surface area contributed by atoms with Crippen LogP contribution < -0.4 is 31.8 Å². The maximum atomic E-state index is 9.00. The first-order valence-corrected chi connectivity index (χ1v) is 17.2. The van der Waals surface area contributed by atoms with E-state index in [1.165, 1.54) is 31.8 Å². The van der Waals surface area contributed by atoms with Gasteiger partial charge in [0, 0.05) is 52.8 Å². The molecule has 250 valence electrons. The molecule has 0 spiro atoms. The topological polar surface area (TPSA) is 74.6 Å². The van der Waals surface area contributed by atoms with Gasteiger partial charge in [-0.2, -0.15) is 60.7 Å². The van der Waals surface area contributed by atoms with Gasteiger partial charge in [0.25, 0.3) is 11.9 Å². The van der Waals surface area contributed by atoms with Gasteiger partial charge in [-0.05, 0) is 37.1 Å². The maximum absolute atomic E-state index is 9.00. The molecule has 0 fully saturated rings. The predicted octanol–water partition coefficient (Wildman–Crippen LogP) is 6.67. The van der Waals surface area contributed by atoms with E-state index in [1.54, 1.807) is 0 Å². The van der Waals surface area contributed by atoms with Crippen LogP contribution in [0.25, 0.3) is 0 Å². The van der Waals surface area contributed by atoms with Gasteiger partial charge in [-0.1, -0.05) is 121 Å². The summed E-state index contributed by atoms with van der Waals surface area (Å²) in [5.74, 6) is -1.67. The molecule has 8 heteroatoms. The Morgan fingerprint density at radius 3 is 0.812 bits per heavy atom. The molecule has 6 rings (SSSR count). The summed E-state index contributed by atoms with van der Waals surface area (Å²) >= 11 is 0. The largest absolute Gasteiger partial charge is 0.481 e. The molecule has 4 nitrogen and oxygen atoms in total. The van der Waals surface area contributed by atoms with E-state index < -0.39 is 27.8 Å². The minimum Gasteiger partial charge on any atom is -0.481 e. The molecule has 0 aliphatic carbocycles. The molecular weight excluding hydrogens is 812 g/mol. The number of hydrogen-bond acceptors (Lipinski definition) is 2. The Labute approximate surface area is 312 Å². The summed E-state index contributed by atoms with van der Waals surface area (Å²) < 4.78 is 0. The molecule has 0 amide bonds. The van der Waals surface area contributed by atoms with Crippen LogP contribution in [-0.2, 0) is 48.5 Å². The molecule has 0 heterocycles. The van der Waals surface area contributed by atoms with Crippen LogP contribution in [0, 0.1) is 12.1 Å². The monoisotopic (exact) mass is 848 g/mol. The summed E-state index contributed by atoms with van der Waals surface area (Å²) in [6.07, 6.45) is 0. The first-order chi connectivity index (χ1) is 22.4. The number of aliphatic carboxylic acids is 2. The number of hydrogen-bond donors (Lipinski definition) is 2. The molecule has 0 atom stereocenters. The zero-order chi connectivity index (χ0) is 33.0. The average Bonchev–Trinajstić information content (AvgIpc) is 3.08. The number of rotatable bonds is 6. The van der Waals surface area contributed by atoms with E-state index in [0.717, 1.165) is 13.8 Å². The summed E-state index contributed by atoms with van der Waals surface area (Å²) in [6, 6.07) is 66.1. The van der Waals surface area contributed by atoms with Gasteiger partial charge in [-0.25, -0.2) is 0 Å². The van der Waals surface area contributed by atoms with Crippen LogP contribution in [0.2, 0.25) is 0 Å². The first kappa shape index (κ1) is 42.4. The Morgan fingerprint density at radius 2 is 0.625 bits per heavy atom. The van der Waals surface area contributed by atoms with E-state index in [1.807, 2.05) is 24.3 Å². The Hall–Kier alpha value is -3.63. The number of carboxylic acids is 2. The molecule has 6 aromatic rings. The second kappa shape index (κ2) is 24.5. The van der Waals surface area contributed by atoms with E-state index in [4.69, 9.17) is 19.8 Å². The van der Waals surface area contributed by atoms with Crippen LogP contribution in [-0.4, -0.2) is 22.2 Å². The molecule has 0 bridgehead atoms. The van der Waals surface area contributed by atoms with E-state index in [-0.39, 0.29) is 39.0 Å². The van der Waals surface area contributed by atoms with Crippen molar-refractivity contribution in [2.24, 2.45) is 0 Å². The van der Waals surface area contributed by atoms with Crippen molar-refractivity contribution in [3.8, 4) is 0 Å². The van der Waals surface area contributed by atoms with Crippen molar-refractivity contribution in [3.63, 3.8) is 0 Å². The van der Waals surface area contributed by atoms with E-state index in [9.17, 15) is 0 Å². The molecule has 0 aliphatic rings. The maximum Gasteiger partial charge on any atom is 0.300 e. The summed E-state index contributed by atoms with van der Waals surface area (Å²) in [6.45, 7) is 2.17. The van der Waals surface area contributed by atoms with E-state index in [0.29, 0.717) is 0 Å². The zero-order valence-corrected chi connectivity index (χ0v) is 31.5. The van der Waals surface area contributed by atoms with Crippen molar-refractivity contribution in [2.45, 2.75) is 13.8 Å². The Morgan fingerprint density at radius 1 is 0.417 bits per heavy atom. The van der Waals surface area contributed by atoms with Gasteiger partial charge in [0.1, 0.15) is 0 Å². The number of carboxylic acid groups (broad SMARTS) is 2. The standard InChI is InChI=1S/2C18H14P.2C2H4O2.2Rh/c2*1-4-10-16(11-5-1)19(17-12-6-2-7-13-17)18-14-8-3-9-15-18;2*1-2(3)4;;/h2*1-14H;2*1H3,(H,3,4);;/q2*-1;;;;. The normalized spacial score (nSPS) is 9.42. The third kappa shape index (κ3) is 15.5. The minimum absolute atomic E-state index is 0. The van der Waals surface area contributed by atoms with Crippen LogP contribution >= 0.6 is 15.8 Å². The van der Waals surface area contributed by atoms with Crippen molar-refractivity contribution in [1.82, 2.24) is 0 Å². The van der Waals surface area contributed by atoms with Crippen molar-refractivity contribution in [1.29, 1.82) is 0 Å². The Balaban J connectivity index is 0.000000380. The number of carbonyl (C=O) groups is 2. The van der Waals surface area contributed by atoms with Crippen molar-refractivity contribution in [2.75, 3.05) is 0 Å². The molecule has 48 heavy (non-hydrogen) atoms. The smallest absolute Gasteiger partial charge is 0.300 e. The van der Waals surface area contributed by atoms with Crippen molar-refractivity contribution < 1.29 is 58.8 Å². The summed E-state index contributed by atoms with van der Waals surface area (Å²) in [7, 11) is -1.00. The Kier molecular flexibility index (Phi) is 21.6. The fourth-order valence-corrected chi connectivity index (χ4v) is 8.68. The second-order valence-electron chi connectivity index (χ2n) is 9.55. The fourth-order valence-electron chi connectivity index (χ4n) is 4.21. The van der Waals surface area contributed by atoms with Gasteiger partial charge >= 0.3 is 0 Å². The SMILES string of the molecule is CC(=O)O.CC(=O)O.[Rh].[Rh].[c-]1ccccc1P(c1ccccc1)c1ccccc1.[c-]1ccccc1P(c1ccccc1)c1ccccc1. The molecule has 0 saturated heterocycles. The first-order valence-electron chi connectivity index (χ1n) is 14.5. The Bertz CT molecular complexity index is 1370. The molecule has 2 N–H and O–H groups in total. The molecule has 6 aromatic carbocycles. The van der Waals surface area contributed by atoms with Crippen LogP contribution in [0.15, 0.2) is 170 Å². The molecular formula is C40H36O4P2Rh2-2. The van der Waals surface area contributed by atoms with Gasteiger partial charge in [0.15, 0.2) is 0 Å². The average molecular weight is 848 g/mol. The third-order valence-corrected chi connectivity index (χ3v) is 10.7. The fraction of sp³-hybridized carbons (Fsp3) is 0.0500. The van der Waals surface area contributed by atoms with Crippen LogP contribution in [0.5, 0.6) is 0 Å². The molecule has 0 saturated carbocycles. The predicted molar refractivity (Wildman–Crippen MR) is 195 cm³/mol. The van der Waals surface area contributed by atoms with Crippen LogP contribution in [0.1, 0.15) is 13.8 Å². The van der Waals surface area contributed by atoms with Gasteiger partial charge < -0.3 is 10.2 Å². The second-order valence-corrected chi connectivity index (χ2v) is 13.9. The molecule has 2 radical (unpaired) electrons. The zero-order valence-electron chi connectivity index (χ0n) is 26.4. The van der Waals surface area contributed by atoms with Gasteiger partial charge in [-0.15, -0.1) is 10.6 Å². The van der Waals surface area contributed by atoms with E-state index >= 15 is 0 Å². The summed E-state index contributed by atoms with van der Waals surface area (Å²) in [5.41, 5.74) is 0. The van der Waals surface area contributed by atoms with Gasteiger partial charge in [0.2, 0.25) is 0 Å². The molecule has 0 unspecified atom stereocenters. The summed E-state index contributed by atoms with van der Waals surface area (Å²) in [4.78, 5) is 18.0. The quantitative estimate of drug-likeness (QED) is 0.112. The van der Waals surface area contributed by atoms with Gasteiger partial charge in [0.05, 0.1) is 0 Å². The van der Waals surface area contributed by atoms with Crippen LogP contribution in [0.3, 0.4) is 0 Å². The van der Waals surface area contributed by atoms with Crippen LogP contribution in [0.4, 0.5) is 0 Å². The summed E-state index contributed by atoms with van der Waals surface area (Å²) in [5, 5.41) is 22.8. The third-order valence-electron chi connectivity index (χ3n) is 5.92. The van der Waals surface area contributed by atoms with Crippen molar-refractivity contribution >= 4 is 59.6 Å². The molecule has 0 aliphatic heterocycles. The van der Waals surface area contributed by atoms with Crippen molar-refractivity contribution in [3.05, 3.63) is 182 Å². The molecule has 0 aromatic heterocycles. The van der Waals surface area contributed by atoms with Gasteiger partial charge in [-0.3, -0.25) is 9.59 Å². The minimum atomic E-state index is -0.833. The van der Waals surface area contributed by atoms with E-state index in [2.05, 4.69) is 158 Å².